The summed E-state index contributed by atoms with van der Waals surface area (Å²) in [5.74, 6) is -2.75. The zero-order valence-corrected chi connectivity index (χ0v) is 11.5. The molecule has 0 radical (unpaired) electrons. The fourth-order valence-corrected chi connectivity index (χ4v) is 2.63. The molecule has 2 atom stereocenters. The summed E-state index contributed by atoms with van der Waals surface area (Å²) < 4.78 is 45.8. The van der Waals surface area contributed by atoms with Crippen LogP contribution in [0.2, 0.25) is 5.02 Å². The molecule has 2 aromatic rings. The Labute approximate surface area is 124 Å². The third kappa shape index (κ3) is 2.59. The maximum absolute atomic E-state index is 13.8. The minimum atomic E-state index is -1.23. The first-order chi connectivity index (χ1) is 9.95. The van der Waals surface area contributed by atoms with Gasteiger partial charge in [-0.15, -0.1) is 0 Å². The number of benzene rings is 2. The molecule has 0 saturated heterocycles. The number of hydrogen-bond acceptors (Lipinski definition) is 2. The molecule has 1 aliphatic heterocycles. The maximum atomic E-state index is 13.8. The predicted octanol–water partition coefficient (Wildman–Crippen LogP) is 4.28. The quantitative estimate of drug-likeness (QED) is 0.798. The third-order valence-corrected chi connectivity index (χ3v) is 3.73. The lowest BCUT2D eigenvalue weighted by atomic mass is 9.93. The SMILES string of the molecule is N[C@H]1CC(c2cc(F)c(F)cc2F)Oc2ccc(Cl)cc21. The molecule has 1 unspecified atom stereocenters. The summed E-state index contributed by atoms with van der Waals surface area (Å²) in [6.45, 7) is 0. The van der Waals surface area contributed by atoms with E-state index in [1.165, 1.54) is 0 Å². The molecule has 0 aromatic heterocycles. The fraction of sp³-hybridized carbons (Fsp3) is 0.200. The van der Waals surface area contributed by atoms with Crippen molar-refractivity contribution in [2.45, 2.75) is 18.6 Å². The van der Waals surface area contributed by atoms with Gasteiger partial charge < -0.3 is 10.5 Å². The molecule has 2 nitrogen and oxygen atoms in total. The van der Waals surface area contributed by atoms with E-state index in [1.54, 1.807) is 18.2 Å². The molecule has 2 N–H and O–H groups in total. The van der Waals surface area contributed by atoms with E-state index in [0.717, 1.165) is 6.07 Å². The third-order valence-electron chi connectivity index (χ3n) is 3.50. The van der Waals surface area contributed by atoms with Crippen molar-refractivity contribution in [3.63, 3.8) is 0 Å². The van der Waals surface area contributed by atoms with E-state index in [4.69, 9.17) is 22.1 Å². The number of fused-ring (bicyclic) bond motifs is 1. The van der Waals surface area contributed by atoms with Crippen molar-refractivity contribution < 1.29 is 17.9 Å². The van der Waals surface area contributed by atoms with Gasteiger partial charge in [-0.25, -0.2) is 13.2 Å². The van der Waals surface area contributed by atoms with E-state index in [-0.39, 0.29) is 12.0 Å². The molecule has 1 heterocycles. The van der Waals surface area contributed by atoms with Crippen molar-refractivity contribution in [1.82, 2.24) is 0 Å². The highest BCUT2D eigenvalue weighted by molar-refractivity contribution is 6.30. The molecule has 6 heteroatoms. The summed E-state index contributed by atoms with van der Waals surface area (Å²) in [7, 11) is 0. The molecule has 1 aliphatic rings. The van der Waals surface area contributed by atoms with Crippen LogP contribution in [0.1, 0.15) is 29.7 Å². The molecule has 2 aromatic carbocycles. The van der Waals surface area contributed by atoms with Gasteiger partial charge in [0.05, 0.1) is 0 Å². The van der Waals surface area contributed by atoms with Crippen molar-refractivity contribution in [2.75, 3.05) is 0 Å². The smallest absolute Gasteiger partial charge is 0.161 e. The lowest BCUT2D eigenvalue weighted by Crippen LogP contribution is -2.25. The van der Waals surface area contributed by atoms with Crippen LogP contribution in [0, 0.1) is 17.5 Å². The highest BCUT2D eigenvalue weighted by atomic mass is 35.5. The maximum Gasteiger partial charge on any atom is 0.161 e. The van der Waals surface area contributed by atoms with Gasteiger partial charge in [0.25, 0.3) is 0 Å². The molecule has 0 fully saturated rings. The molecule has 0 amide bonds. The van der Waals surface area contributed by atoms with Gasteiger partial charge in [0.15, 0.2) is 11.6 Å². The Morgan fingerprint density at radius 2 is 1.71 bits per heavy atom. The van der Waals surface area contributed by atoms with Gasteiger partial charge in [0, 0.05) is 34.7 Å². The number of nitrogens with two attached hydrogens (primary N) is 1. The lowest BCUT2D eigenvalue weighted by Gasteiger charge is -2.30. The van der Waals surface area contributed by atoms with Crippen molar-refractivity contribution in [3.8, 4) is 5.75 Å². The first-order valence-electron chi connectivity index (χ1n) is 6.32. The van der Waals surface area contributed by atoms with E-state index in [1.807, 2.05) is 0 Å². The monoisotopic (exact) mass is 313 g/mol. The minimum Gasteiger partial charge on any atom is -0.485 e. The van der Waals surface area contributed by atoms with Crippen LogP contribution in [0.25, 0.3) is 0 Å². The largest absolute Gasteiger partial charge is 0.485 e. The molecule has 0 saturated carbocycles. The first kappa shape index (κ1) is 14.2. The molecule has 21 heavy (non-hydrogen) atoms. The highest BCUT2D eigenvalue weighted by Crippen LogP contribution is 2.41. The summed E-state index contributed by atoms with van der Waals surface area (Å²) in [6.07, 6.45) is -0.529. The van der Waals surface area contributed by atoms with Crippen LogP contribution in [-0.4, -0.2) is 0 Å². The highest BCUT2D eigenvalue weighted by Gasteiger charge is 2.30. The topological polar surface area (TPSA) is 35.2 Å². The molecule has 0 aliphatic carbocycles. The summed E-state index contributed by atoms with van der Waals surface area (Å²) >= 11 is 5.90. The second kappa shape index (κ2) is 5.24. The van der Waals surface area contributed by atoms with Crippen LogP contribution in [0.5, 0.6) is 5.75 Å². The van der Waals surface area contributed by atoms with Gasteiger partial charge in [-0.05, 0) is 24.3 Å². The summed E-state index contributed by atoms with van der Waals surface area (Å²) in [4.78, 5) is 0. The predicted molar refractivity (Wildman–Crippen MR) is 72.7 cm³/mol. The zero-order valence-electron chi connectivity index (χ0n) is 10.7. The molecule has 0 bridgehead atoms. The molecule has 110 valence electrons. The second-order valence-electron chi connectivity index (χ2n) is 4.92. The molecule has 3 rings (SSSR count). The second-order valence-corrected chi connectivity index (χ2v) is 5.36. The van der Waals surface area contributed by atoms with Crippen LogP contribution >= 0.6 is 11.6 Å². The standard InChI is InChI=1S/C15H11ClF3NO/c16-7-1-2-14-9(3-7)13(20)6-15(21-14)8-4-11(18)12(19)5-10(8)17/h1-5,13,15H,6,20H2/t13-,15?/m0/s1. The van der Waals surface area contributed by atoms with E-state index in [0.29, 0.717) is 22.4 Å². The lowest BCUT2D eigenvalue weighted by molar-refractivity contribution is 0.156. The Morgan fingerprint density at radius 3 is 2.48 bits per heavy atom. The Bertz CT molecular complexity index is 708. The van der Waals surface area contributed by atoms with Gasteiger partial charge in [-0.2, -0.15) is 0 Å². The Morgan fingerprint density at radius 1 is 1.00 bits per heavy atom. The fourth-order valence-electron chi connectivity index (χ4n) is 2.45. The minimum absolute atomic E-state index is 0.0510. The van der Waals surface area contributed by atoms with E-state index < -0.39 is 29.6 Å². The molecule has 0 spiro atoms. The average Bonchev–Trinajstić information content (AvgIpc) is 2.43. The molecular formula is C15H11ClF3NO. The number of halogens is 4. The molecular weight excluding hydrogens is 303 g/mol. The van der Waals surface area contributed by atoms with Gasteiger partial charge in [-0.1, -0.05) is 11.6 Å². The van der Waals surface area contributed by atoms with Gasteiger partial charge in [0.1, 0.15) is 17.7 Å². The van der Waals surface area contributed by atoms with Gasteiger partial charge in [0.2, 0.25) is 0 Å². The summed E-state index contributed by atoms with van der Waals surface area (Å²) in [5.41, 5.74) is 6.69. The van der Waals surface area contributed by atoms with E-state index in [9.17, 15) is 13.2 Å². The Hall–Kier alpha value is -1.72. The van der Waals surface area contributed by atoms with Gasteiger partial charge >= 0.3 is 0 Å². The zero-order chi connectivity index (χ0) is 15.1. The first-order valence-corrected chi connectivity index (χ1v) is 6.69. The number of hydrogen-bond donors (Lipinski definition) is 1. The normalized spacial score (nSPS) is 20.8. The van der Waals surface area contributed by atoms with Crippen molar-refractivity contribution in [2.24, 2.45) is 5.73 Å². The van der Waals surface area contributed by atoms with Crippen LogP contribution in [-0.2, 0) is 0 Å². The van der Waals surface area contributed by atoms with E-state index in [2.05, 4.69) is 0 Å². The number of ether oxygens (including phenoxy) is 1. The van der Waals surface area contributed by atoms with Gasteiger partial charge in [-0.3, -0.25) is 0 Å². The van der Waals surface area contributed by atoms with E-state index >= 15 is 0 Å². The van der Waals surface area contributed by atoms with Crippen LogP contribution in [0.3, 0.4) is 0 Å². The van der Waals surface area contributed by atoms with Crippen LogP contribution < -0.4 is 10.5 Å². The number of rotatable bonds is 1. The summed E-state index contributed by atoms with van der Waals surface area (Å²) in [5, 5.41) is 0.519. The van der Waals surface area contributed by atoms with Crippen LogP contribution in [0.4, 0.5) is 13.2 Å². The Balaban J connectivity index is 1.99. The average molecular weight is 314 g/mol. The Kier molecular flexibility index (Phi) is 3.55. The summed E-state index contributed by atoms with van der Waals surface area (Å²) in [6, 6.07) is 5.82. The van der Waals surface area contributed by atoms with Crippen molar-refractivity contribution >= 4 is 11.6 Å². The van der Waals surface area contributed by atoms with Crippen molar-refractivity contribution in [1.29, 1.82) is 0 Å². The van der Waals surface area contributed by atoms with Crippen molar-refractivity contribution in [3.05, 3.63) is 63.9 Å². The van der Waals surface area contributed by atoms with Crippen LogP contribution in [0.15, 0.2) is 30.3 Å².